The molecule has 2 aliphatic rings. The number of imidazole rings is 1. The van der Waals surface area contributed by atoms with Crippen molar-refractivity contribution in [3.05, 3.63) is 47.8 Å². The lowest BCUT2D eigenvalue weighted by atomic mass is 10.1. The van der Waals surface area contributed by atoms with Crippen LogP contribution < -0.4 is 0 Å². The predicted molar refractivity (Wildman–Crippen MR) is 94.7 cm³/mol. The summed E-state index contributed by atoms with van der Waals surface area (Å²) in [6.45, 7) is 4.08. The van der Waals surface area contributed by atoms with Crippen molar-refractivity contribution in [1.29, 1.82) is 0 Å². The minimum absolute atomic E-state index is 0.106. The molecule has 2 fully saturated rings. The fourth-order valence-corrected chi connectivity index (χ4v) is 3.96. The highest BCUT2D eigenvalue weighted by molar-refractivity contribution is 5.79. The Morgan fingerprint density at radius 3 is 2.88 bits per heavy atom. The number of nitrogens with zero attached hydrogens (tertiary/aromatic N) is 4. The molecule has 132 valence electrons. The van der Waals surface area contributed by atoms with E-state index in [1.165, 1.54) is 25.9 Å². The average molecular weight is 339 g/mol. The van der Waals surface area contributed by atoms with E-state index in [-0.39, 0.29) is 11.9 Å². The molecule has 1 atom stereocenters. The number of likely N-dealkylation sites (tertiary alicyclic amines) is 2. The third kappa shape index (κ3) is 3.74. The largest absolute Gasteiger partial charge is 0.348 e. The summed E-state index contributed by atoms with van der Waals surface area (Å²) in [6, 6.07) is 6.37. The minimum atomic E-state index is 0.106. The first-order valence-corrected chi connectivity index (χ1v) is 9.24. The Morgan fingerprint density at radius 1 is 1.20 bits per heavy atom. The maximum absolute atomic E-state index is 12.7. The second-order valence-electron chi connectivity index (χ2n) is 7.04. The molecule has 2 aromatic rings. The quantitative estimate of drug-likeness (QED) is 0.908. The molecule has 4 rings (SSSR count). The molecule has 25 heavy (non-hydrogen) atoms. The van der Waals surface area contributed by atoms with Crippen molar-refractivity contribution >= 4 is 5.91 Å². The van der Waals surface area contributed by atoms with Crippen molar-refractivity contribution in [2.24, 2.45) is 0 Å². The van der Waals surface area contributed by atoms with Gasteiger partial charge in [-0.05, 0) is 50.9 Å². The van der Waals surface area contributed by atoms with Crippen LogP contribution in [0.2, 0.25) is 0 Å². The SMILES string of the molecule is O=C(Cc1cnc[nH]1)N1CCC[C@H]1c1cccc(CN2CCCC2)n1. The molecule has 0 saturated carbocycles. The third-order valence-electron chi connectivity index (χ3n) is 5.22. The lowest BCUT2D eigenvalue weighted by molar-refractivity contribution is -0.131. The number of nitrogens with one attached hydrogen (secondary N) is 1. The van der Waals surface area contributed by atoms with Gasteiger partial charge < -0.3 is 9.88 Å². The zero-order valence-electron chi connectivity index (χ0n) is 14.5. The van der Waals surface area contributed by atoms with Gasteiger partial charge in [0.05, 0.1) is 30.2 Å². The van der Waals surface area contributed by atoms with E-state index in [0.29, 0.717) is 6.42 Å². The zero-order chi connectivity index (χ0) is 17.1. The monoisotopic (exact) mass is 339 g/mol. The van der Waals surface area contributed by atoms with E-state index in [0.717, 1.165) is 43.0 Å². The van der Waals surface area contributed by atoms with Crippen molar-refractivity contribution in [3.8, 4) is 0 Å². The summed E-state index contributed by atoms with van der Waals surface area (Å²) < 4.78 is 0. The molecule has 6 heteroatoms. The van der Waals surface area contributed by atoms with Crippen LogP contribution in [-0.2, 0) is 17.8 Å². The van der Waals surface area contributed by atoms with Gasteiger partial charge in [0.2, 0.25) is 5.91 Å². The van der Waals surface area contributed by atoms with E-state index in [2.05, 4.69) is 33.1 Å². The Balaban J connectivity index is 1.46. The van der Waals surface area contributed by atoms with Crippen LogP contribution in [0.1, 0.15) is 48.8 Å². The molecule has 2 aromatic heterocycles. The van der Waals surface area contributed by atoms with Crippen LogP contribution in [0.5, 0.6) is 0 Å². The van der Waals surface area contributed by atoms with Crippen LogP contribution in [0.25, 0.3) is 0 Å². The minimum Gasteiger partial charge on any atom is -0.348 e. The second kappa shape index (κ2) is 7.35. The van der Waals surface area contributed by atoms with Gasteiger partial charge in [-0.25, -0.2) is 4.98 Å². The molecule has 2 aliphatic heterocycles. The van der Waals surface area contributed by atoms with Crippen LogP contribution in [0.3, 0.4) is 0 Å². The molecular formula is C19H25N5O. The van der Waals surface area contributed by atoms with E-state index in [1.54, 1.807) is 12.5 Å². The van der Waals surface area contributed by atoms with Crippen LogP contribution >= 0.6 is 0 Å². The molecule has 0 aliphatic carbocycles. The number of rotatable bonds is 5. The molecule has 2 saturated heterocycles. The van der Waals surface area contributed by atoms with Gasteiger partial charge in [-0.1, -0.05) is 6.07 Å². The summed E-state index contributed by atoms with van der Waals surface area (Å²) in [5, 5.41) is 0. The Hall–Kier alpha value is -2.21. The number of pyridine rings is 1. The van der Waals surface area contributed by atoms with Crippen LogP contribution in [0.4, 0.5) is 0 Å². The average Bonchev–Trinajstić information content (AvgIpc) is 3.37. The molecule has 0 bridgehead atoms. The van der Waals surface area contributed by atoms with Gasteiger partial charge in [-0.3, -0.25) is 14.7 Å². The van der Waals surface area contributed by atoms with Gasteiger partial charge in [-0.15, -0.1) is 0 Å². The number of H-pyrrole nitrogens is 1. The van der Waals surface area contributed by atoms with Gasteiger partial charge in [0.1, 0.15) is 0 Å². The van der Waals surface area contributed by atoms with E-state index >= 15 is 0 Å². The predicted octanol–water partition coefficient (Wildman–Crippen LogP) is 2.31. The highest BCUT2D eigenvalue weighted by Gasteiger charge is 2.31. The van der Waals surface area contributed by atoms with Crippen molar-refractivity contribution in [1.82, 2.24) is 24.8 Å². The van der Waals surface area contributed by atoms with Crippen molar-refractivity contribution in [3.63, 3.8) is 0 Å². The van der Waals surface area contributed by atoms with Gasteiger partial charge in [-0.2, -0.15) is 0 Å². The second-order valence-corrected chi connectivity index (χ2v) is 7.04. The molecule has 6 nitrogen and oxygen atoms in total. The standard InChI is InChI=1S/C19H25N5O/c25-19(11-16-12-20-14-21-16)24-10-4-7-18(24)17-6-3-5-15(22-17)13-23-8-1-2-9-23/h3,5-6,12,14,18H,1-2,4,7-11,13H2,(H,20,21)/t18-/m0/s1. The van der Waals surface area contributed by atoms with Gasteiger partial charge >= 0.3 is 0 Å². The zero-order valence-corrected chi connectivity index (χ0v) is 14.5. The maximum Gasteiger partial charge on any atom is 0.229 e. The van der Waals surface area contributed by atoms with Crippen molar-refractivity contribution in [2.75, 3.05) is 19.6 Å². The molecule has 1 N–H and O–H groups in total. The van der Waals surface area contributed by atoms with E-state index in [1.807, 2.05) is 4.90 Å². The number of carbonyl (C=O) groups excluding carboxylic acids is 1. The fourth-order valence-electron chi connectivity index (χ4n) is 3.96. The van der Waals surface area contributed by atoms with Crippen LogP contribution in [-0.4, -0.2) is 50.3 Å². The highest BCUT2D eigenvalue weighted by Crippen LogP contribution is 2.31. The molecule has 1 amide bonds. The van der Waals surface area contributed by atoms with Gasteiger partial charge in [0, 0.05) is 25.0 Å². The van der Waals surface area contributed by atoms with Crippen LogP contribution in [0.15, 0.2) is 30.7 Å². The molecule has 0 aromatic carbocycles. The number of hydrogen-bond acceptors (Lipinski definition) is 4. The Kier molecular flexibility index (Phi) is 4.78. The Morgan fingerprint density at radius 2 is 2.08 bits per heavy atom. The first-order valence-electron chi connectivity index (χ1n) is 9.24. The first-order chi connectivity index (χ1) is 12.3. The van der Waals surface area contributed by atoms with E-state index < -0.39 is 0 Å². The topological polar surface area (TPSA) is 65.1 Å². The molecule has 0 unspecified atom stereocenters. The number of carbonyl (C=O) groups is 1. The highest BCUT2D eigenvalue weighted by atomic mass is 16.2. The number of aromatic nitrogens is 3. The summed E-state index contributed by atoms with van der Waals surface area (Å²) in [6.07, 6.45) is 8.33. The summed E-state index contributed by atoms with van der Waals surface area (Å²) in [5.41, 5.74) is 3.02. The maximum atomic E-state index is 12.7. The van der Waals surface area contributed by atoms with Crippen molar-refractivity contribution in [2.45, 2.75) is 44.7 Å². The Labute approximate surface area is 148 Å². The summed E-state index contributed by atoms with van der Waals surface area (Å²) in [5.74, 6) is 0.151. The third-order valence-corrected chi connectivity index (χ3v) is 5.22. The normalized spacial score (nSPS) is 21.1. The van der Waals surface area contributed by atoms with Gasteiger partial charge in [0.15, 0.2) is 0 Å². The number of amides is 1. The molecular weight excluding hydrogens is 314 g/mol. The number of aromatic amines is 1. The lowest BCUT2D eigenvalue weighted by Gasteiger charge is -2.25. The summed E-state index contributed by atoms with van der Waals surface area (Å²) in [7, 11) is 0. The first kappa shape index (κ1) is 16.3. The summed E-state index contributed by atoms with van der Waals surface area (Å²) in [4.78, 5) is 29.1. The summed E-state index contributed by atoms with van der Waals surface area (Å²) >= 11 is 0. The Bertz CT molecular complexity index is 708. The molecule has 0 spiro atoms. The van der Waals surface area contributed by atoms with Crippen LogP contribution in [0, 0.1) is 0 Å². The smallest absolute Gasteiger partial charge is 0.229 e. The van der Waals surface area contributed by atoms with E-state index in [4.69, 9.17) is 4.98 Å². The molecule has 0 radical (unpaired) electrons. The molecule has 4 heterocycles. The van der Waals surface area contributed by atoms with E-state index in [9.17, 15) is 4.79 Å². The van der Waals surface area contributed by atoms with Gasteiger partial charge in [0.25, 0.3) is 0 Å². The number of hydrogen-bond donors (Lipinski definition) is 1. The lowest BCUT2D eigenvalue weighted by Crippen LogP contribution is -2.32. The van der Waals surface area contributed by atoms with Crippen molar-refractivity contribution < 1.29 is 4.79 Å². The fraction of sp³-hybridized carbons (Fsp3) is 0.526.